The van der Waals surface area contributed by atoms with Gasteiger partial charge in [0.15, 0.2) is 6.61 Å². The van der Waals surface area contributed by atoms with E-state index in [-0.39, 0.29) is 36.7 Å². The van der Waals surface area contributed by atoms with Crippen LogP contribution in [-0.4, -0.2) is 37.4 Å². The van der Waals surface area contributed by atoms with Crippen LogP contribution < -0.4 is 20.3 Å². The molecule has 0 aromatic heterocycles. The molecule has 1 heterocycles. The Hall–Kier alpha value is -3.84. The minimum absolute atomic E-state index is 0.0947. The van der Waals surface area contributed by atoms with Crippen molar-refractivity contribution in [2.45, 2.75) is 12.8 Å². The number of hydrogen-bond donors (Lipinski definition) is 2. The van der Waals surface area contributed by atoms with Crippen molar-refractivity contribution in [1.82, 2.24) is 5.32 Å². The standard InChI is InChI=1S/C27H26ClN3O4/c28-21-7-4-8-22(16-21)30-25(32)18-35-24-11-9-23(10-12-24)31-17-20(15-26(31)33)27(34)29-14-13-19-5-2-1-3-6-19/h1-12,16,20H,13-15,17-18H2,(H,29,34)(H,30,32)/t20-/m0/s1. The molecule has 35 heavy (non-hydrogen) atoms. The lowest BCUT2D eigenvalue weighted by molar-refractivity contribution is -0.126. The average Bonchev–Trinajstić information content (AvgIpc) is 3.25. The molecule has 180 valence electrons. The zero-order valence-corrected chi connectivity index (χ0v) is 19.8. The molecule has 1 saturated heterocycles. The number of rotatable bonds is 9. The number of amides is 3. The molecular weight excluding hydrogens is 466 g/mol. The van der Waals surface area contributed by atoms with Gasteiger partial charge in [-0.15, -0.1) is 0 Å². The zero-order chi connectivity index (χ0) is 24.6. The maximum absolute atomic E-state index is 12.6. The molecular formula is C27H26ClN3O4. The van der Waals surface area contributed by atoms with E-state index in [0.717, 1.165) is 12.0 Å². The highest BCUT2D eigenvalue weighted by Crippen LogP contribution is 2.27. The first kappa shape index (κ1) is 24.3. The number of benzene rings is 3. The van der Waals surface area contributed by atoms with Gasteiger partial charge in [-0.25, -0.2) is 0 Å². The van der Waals surface area contributed by atoms with Crippen LogP contribution in [-0.2, 0) is 20.8 Å². The van der Waals surface area contributed by atoms with E-state index >= 15 is 0 Å². The van der Waals surface area contributed by atoms with Crippen molar-refractivity contribution >= 4 is 40.7 Å². The van der Waals surface area contributed by atoms with Gasteiger partial charge in [-0.3, -0.25) is 14.4 Å². The predicted octanol–water partition coefficient (Wildman–Crippen LogP) is 4.07. The maximum atomic E-state index is 12.6. The van der Waals surface area contributed by atoms with E-state index in [2.05, 4.69) is 10.6 Å². The molecule has 1 aliphatic heterocycles. The molecule has 4 rings (SSSR count). The van der Waals surface area contributed by atoms with Crippen LogP contribution >= 0.6 is 11.6 Å². The Bertz CT molecular complexity index is 1180. The molecule has 0 radical (unpaired) electrons. The fraction of sp³-hybridized carbons (Fsp3) is 0.222. The van der Waals surface area contributed by atoms with Gasteiger partial charge in [-0.1, -0.05) is 48.0 Å². The first-order valence-electron chi connectivity index (χ1n) is 11.4. The van der Waals surface area contributed by atoms with E-state index in [1.165, 1.54) is 0 Å². The number of carbonyl (C=O) groups is 3. The normalized spacial score (nSPS) is 15.1. The fourth-order valence-electron chi connectivity index (χ4n) is 3.89. The van der Waals surface area contributed by atoms with Crippen molar-refractivity contribution in [2.24, 2.45) is 5.92 Å². The zero-order valence-electron chi connectivity index (χ0n) is 19.1. The van der Waals surface area contributed by atoms with E-state index < -0.39 is 0 Å². The Morgan fingerprint density at radius 1 is 1.00 bits per heavy atom. The second-order valence-electron chi connectivity index (χ2n) is 8.27. The molecule has 8 heteroatoms. The number of halogens is 1. The third-order valence-electron chi connectivity index (χ3n) is 5.68. The fourth-order valence-corrected chi connectivity index (χ4v) is 4.08. The Kier molecular flexibility index (Phi) is 8.00. The molecule has 0 spiro atoms. The average molecular weight is 492 g/mol. The van der Waals surface area contributed by atoms with Gasteiger partial charge < -0.3 is 20.3 Å². The molecule has 3 aromatic rings. The summed E-state index contributed by atoms with van der Waals surface area (Å²) in [4.78, 5) is 38.8. The lowest BCUT2D eigenvalue weighted by Gasteiger charge is -2.17. The largest absolute Gasteiger partial charge is 0.484 e. The van der Waals surface area contributed by atoms with Gasteiger partial charge in [0.2, 0.25) is 11.8 Å². The highest BCUT2D eigenvalue weighted by molar-refractivity contribution is 6.30. The molecule has 0 saturated carbocycles. The van der Waals surface area contributed by atoms with Gasteiger partial charge in [-0.2, -0.15) is 0 Å². The summed E-state index contributed by atoms with van der Waals surface area (Å²) >= 11 is 5.92. The summed E-state index contributed by atoms with van der Waals surface area (Å²) < 4.78 is 5.54. The van der Waals surface area contributed by atoms with Crippen molar-refractivity contribution < 1.29 is 19.1 Å². The van der Waals surface area contributed by atoms with Crippen LogP contribution in [0.2, 0.25) is 5.02 Å². The van der Waals surface area contributed by atoms with E-state index in [9.17, 15) is 14.4 Å². The first-order valence-corrected chi connectivity index (χ1v) is 11.8. The third-order valence-corrected chi connectivity index (χ3v) is 5.91. The van der Waals surface area contributed by atoms with Crippen molar-refractivity contribution in [2.75, 3.05) is 29.9 Å². The second-order valence-corrected chi connectivity index (χ2v) is 8.71. The molecule has 0 unspecified atom stereocenters. The molecule has 1 atom stereocenters. The summed E-state index contributed by atoms with van der Waals surface area (Å²) in [7, 11) is 0. The summed E-state index contributed by atoms with van der Waals surface area (Å²) in [5.41, 5.74) is 2.43. The number of hydrogen-bond acceptors (Lipinski definition) is 4. The molecule has 7 nitrogen and oxygen atoms in total. The van der Waals surface area contributed by atoms with Gasteiger partial charge in [0.25, 0.3) is 5.91 Å². The monoisotopic (exact) mass is 491 g/mol. The van der Waals surface area contributed by atoms with Crippen LogP contribution in [0.3, 0.4) is 0 Å². The molecule has 3 aromatic carbocycles. The van der Waals surface area contributed by atoms with E-state index in [1.54, 1.807) is 53.4 Å². The Morgan fingerprint density at radius 2 is 1.77 bits per heavy atom. The van der Waals surface area contributed by atoms with Crippen molar-refractivity contribution in [1.29, 1.82) is 0 Å². The SMILES string of the molecule is O=C(COc1ccc(N2C[C@@H](C(=O)NCCc3ccccc3)CC2=O)cc1)Nc1cccc(Cl)c1. The number of nitrogens with one attached hydrogen (secondary N) is 2. The van der Waals surface area contributed by atoms with Crippen LogP contribution in [0.15, 0.2) is 78.9 Å². The Labute approximate surface area is 209 Å². The molecule has 3 amide bonds. The van der Waals surface area contributed by atoms with E-state index in [4.69, 9.17) is 16.3 Å². The van der Waals surface area contributed by atoms with Gasteiger partial charge in [0, 0.05) is 35.9 Å². The minimum atomic E-state index is -0.385. The molecule has 2 N–H and O–H groups in total. The van der Waals surface area contributed by atoms with Gasteiger partial charge in [0.1, 0.15) is 5.75 Å². The third kappa shape index (κ3) is 6.83. The van der Waals surface area contributed by atoms with E-state index in [0.29, 0.717) is 35.2 Å². The molecule has 0 aliphatic carbocycles. The number of carbonyl (C=O) groups excluding carboxylic acids is 3. The summed E-state index contributed by atoms with van der Waals surface area (Å²) in [6.07, 6.45) is 0.925. The van der Waals surface area contributed by atoms with E-state index in [1.807, 2.05) is 30.3 Å². The van der Waals surface area contributed by atoms with Crippen LogP contribution in [0.1, 0.15) is 12.0 Å². The van der Waals surface area contributed by atoms with Gasteiger partial charge in [0.05, 0.1) is 5.92 Å². The van der Waals surface area contributed by atoms with Gasteiger partial charge in [-0.05, 0) is 54.4 Å². The Morgan fingerprint density at radius 3 is 2.51 bits per heavy atom. The smallest absolute Gasteiger partial charge is 0.262 e. The molecule has 1 aliphatic rings. The van der Waals surface area contributed by atoms with Crippen LogP contribution in [0.4, 0.5) is 11.4 Å². The van der Waals surface area contributed by atoms with Crippen molar-refractivity contribution in [3.63, 3.8) is 0 Å². The summed E-state index contributed by atoms with van der Waals surface area (Å²) in [6.45, 7) is 0.697. The highest BCUT2D eigenvalue weighted by Gasteiger charge is 2.34. The summed E-state index contributed by atoms with van der Waals surface area (Å²) in [5.74, 6) is -0.404. The van der Waals surface area contributed by atoms with Crippen LogP contribution in [0.25, 0.3) is 0 Å². The summed E-state index contributed by atoms with van der Waals surface area (Å²) in [5, 5.41) is 6.18. The van der Waals surface area contributed by atoms with Crippen molar-refractivity contribution in [3.05, 3.63) is 89.4 Å². The number of ether oxygens (including phenoxy) is 1. The lowest BCUT2D eigenvalue weighted by Crippen LogP contribution is -2.34. The summed E-state index contributed by atoms with van der Waals surface area (Å²) in [6, 6.07) is 23.7. The van der Waals surface area contributed by atoms with Gasteiger partial charge >= 0.3 is 0 Å². The quantitative estimate of drug-likeness (QED) is 0.472. The predicted molar refractivity (Wildman–Crippen MR) is 136 cm³/mol. The number of anilines is 2. The Balaban J connectivity index is 1.24. The van der Waals surface area contributed by atoms with Crippen molar-refractivity contribution in [3.8, 4) is 5.75 Å². The molecule has 0 bridgehead atoms. The highest BCUT2D eigenvalue weighted by atomic mass is 35.5. The van der Waals surface area contributed by atoms with Crippen LogP contribution in [0.5, 0.6) is 5.75 Å². The number of nitrogens with zero attached hydrogens (tertiary/aromatic N) is 1. The minimum Gasteiger partial charge on any atom is -0.484 e. The first-order chi connectivity index (χ1) is 17.0. The maximum Gasteiger partial charge on any atom is 0.262 e. The molecule has 1 fully saturated rings. The second kappa shape index (κ2) is 11.5. The van der Waals surface area contributed by atoms with Crippen LogP contribution in [0, 0.1) is 5.92 Å². The topological polar surface area (TPSA) is 87.7 Å². The lowest BCUT2D eigenvalue weighted by atomic mass is 10.1.